The van der Waals surface area contributed by atoms with E-state index in [-0.39, 0.29) is 22.9 Å². The number of halogens is 1. The molecule has 1 aliphatic carbocycles. The van der Waals surface area contributed by atoms with E-state index < -0.39 is 23.3 Å². The second kappa shape index (κ2) is 9.70. The largest absolute Gasteiger partial charge is 0.755 e. The molecule has 7 nitrogen and oxygen atoms in total. The third kappa shape index (κ3) is 4.84. The Bertz CT molecular complexity index is 723. The summed E-state index contributed by atoms with van der Waals surface area (Å²) in [5.41, 5.74) is 1.38. The minimum atomic E-state index is -2.58. The van der Waals surface area contributed by atoms with Crippen LogP contribution in [0.4, 0.5) is 5.69 Å². The summed E-state index contributed by atoms with van der Waals surface area (Å²) in [6.45, 7) is 0.546. The Morgan fingerprint density at radius 3 is 2.88 bits per heavy atom. The molecule has 0 radical (unpaired) electrons. The molecule has 0 bridgehead atoms. The van der Waals surface area contributed by atoms with Crippen LogP contribution in [0.3, 0.4) is 0 Å². The van der Waals surface area contributed by atoms with Crippen molar-refractivity contribution in [2.45, 2.75) is 31.7 Å². The lowest BCUT2D eigenvalue weighted by atomic mass is 9.91. The maximum Gasteiger partial charge on any atom is 0.337 e. The third-order valence-electron chi connectivity index (χ3n) is 4.14. The molecule has 0 saturated heterocycles. The fraction of sp³-hybridized carbons (Fsp3) is 0.412. The van der Waals surface area contributed by atoms with Crippen LogP contribution in [0.1, 0.15) is 36.0 Å². The number of benzene rings is 1. The molecule has 1 aromatic rings. The standard InChI is InChI=1S/C17H20ClNO6S/c1-24-17(21)13-6-7-16(14(18)10-13)19(26(22)23)15-5-3-2-4-12(15)8-9-25-11-20/h4,6-7,10-11,15H,2-3,5,8-9H2,1H3,(H,22,23)/p-1. The van der Waals surface area contributed by atoms with Crippen molar-refractivity contribution in [3.63, 3.8) is 0 Å². The molecular formula is C17H19ClNO6S-. The van der Waals surface area contributed by atoms with Crippen LogP contribution in [0, 0.1) is 0 Å². The molecule has 0 amide bonds. The van der Waals surface area contributed by atoms with Crippen molar-refractivity contribution in [3.05, 3.63) is 40.4 Å². The quantitative estimate of drug-likeness (QED) is 0.219. The van der Waals surface area contributed by atoms with Crippen LogP contribution in [0.15, 0.2) is 29.8 Å². The van der Waals surface area contributed by atoms with Crippen molar-refractivity contribution in [1.82, 2.24) is 0 Å². The second-order valence-corrected chi connectivity index (χ2v) is 6.88. The zero-order chi connectivity index (χ0) is 19.1. The van der Waals surface area contributed by atoms with Crippen molar-refractivity contribution < 1.29 is 27.8 Å². The molecule has 2 atom stereocenters. The van der Waals surface area contributed by atoms with E-state index in [4.69, 9.17) is 16.3 Å². The van der Waals surface area contributed by atoms with Gasteiger partial charge in [0.2, 0.25) is 0 Å². The summed E-state index contributed by atoms with van der Waals surface area (Å²) >= 11 is 3.67. The summed E-state index contributed by atoms with van der Waals surface area (Å²) in [5, 5.41) is 0.131. The van der Waals surface area contributed by atoms with Crippen LogP contribution < -0.4 is 4.31 Å². The molecule has 0 aliphatic heterocycles. The molecule has 26 heavy (non-hydrogen) atoms. The fourth-order valence-electron chi connectivity index (χ4n) is 2.96. The van der Waals surface area contributed by atoms with Crippen LogP contribution in [-0.2, 0) is 25.5 Å². The molecular weight excluding hydrogens is 382 g/mol. The van der Waals surface area contributed by atoms with Crippen LogP contribution in [0.25, 0.3) is 0 Å². The first-order chi connectivity index (χ1) is 12.5. The van der Waals surface area contributed by atoms with Gasteiger partial charge in [-0.25, -0.2) is 4.79 Å². The minimum Gasteiger partial charge on any atom is -0.755 e. The Kier molecular flexibility index (Phi) is 7.62. The highest BCUT2D eigenvalue weighted by molar-refractivity contribution is 7.80. The Hall–Kier alpha value is -1.90. The van der Waals surface area contributed by atoms with Gasteiger partial charge in [-0.1, -0.05) is 17.7 Å². The highest BCUT2D eigenvalue weighted by Gasteiger charge is 2.27. The van der Waals surface area contributed by atoms with Gasteiger partial charge in [-0.05, 0) is 43.0 Å². The van der Waals surface area contributed by atoms with Gasteiger partial charge in [0.25, 0.3) is 6.47 Å². The lowest BCUT2D eigenvalue weighted by Gasteiger charge is -2.38. The predicted molar refractivity (Wildman–Crippen MR) is 96.5 cm³/mol. The first-order valence-corrected chi connectivity index (χ1v) is 9.41. The predicted octanol–water partition coefficient (Wildman–Crippen LogP) is 2.77. The van der Waals surface area contributed by atoms with Gasteiger partial charge in [-0.15, -0.1) is 0 Å². The number of carbonyl (C=O) groups is 2. The fourth-order valence-corrected chi connectivity index (χ4v) is 4.05. The van der Waals surface area contributed by atoms with Crippen molar-refractivity contribution in [1.29, 1.82) is 0 Å². The summed E-state index contributed by atoms with van der Waals surface area (Å²) in [5.74, 6) is -0.558. The van der Waals surface area contributed by atoms with E-state index in [1.54, 1.807) is 0 Å². The highest BCUT2D eigenvalue weighted by atomic mass is 35.5. The summed E-state index contributed by atoms with van der Waals surface area (Å²) in [6, 6.07) is 3.91. The van der Waals surface area contributed by atoms with E-state index in [9.17, 15) is 18.4 Å². The Morgan fingerprint density at radius 1 is 1.50 bits per heavy atom. The maximum absolute atomic E-state index is 12.0. The summed E-state index contributed by atoms with van der Waals surface area (Å²) in [4.78, 5) is 22.0. The zero-order valence-electron chi connectivity index (χ0n) is 14.2. The van der Waals surface area contributed by atoms with Crippen LogP contribution in [-0.4, -0.2) is 41.0 Å². The monoisotopic (exact) mass is 400 g/mol. The Morgan fingerprint density at radius 2 is 2.27 bits per heavy atom. The van der Waals surface area contributed by atoms with Gasteiger partial charge in [0.05, 0.1) is 36.0 Å². The molecule has 0 N–H and O–H groups in total. The smallest absolute Gasteiger partial charge is 0.337 e. The number of allylic oxidation sites excluding steroid dienone is 1. The van der Waals surface area contributed by atoms with E-state index in [1.165, 1.54) is 29.6 Å². The first-order valence-electron chi connectivity index (χ1n) is 8.00. The van der Waals surface area contributed by atoms with E-state index in [2.05, 4.69) is 4.74 Å². The Labute approximate surface area is 159 Å². The topological polar surface area (TPSA) is 96.0 Å². The van der Waals surface area contributed by atoms with Gasteiger partial charge in [-0.3, -0.25) is 13.3 Å². The summed E-state index contributed by atoms with van der Waals surface area (Å²) in [7, 11) is 1.25. The molecule has 0 heterocycles. The lowest BCUT2D eigenvalue weighted by Crippen LogP contribution is -2.39. The van der Waals surface area contributed by atoms with E-state index in [1.807, 2.05) is 6.08 Å². The normalized spacial score (nSPS) is 17.8. The molecule has 1 aromatic carbocycles. The lowest BCUT2D eigenvalue weighted by molar-refractivity contribution is -0.128. The number of anilines is 1. The van der Waals surface area contributed by atoms with Gasteiger partial charge in [0, 0.05) is 17.7 Å². The van der Waals surface area contributed by atoms with Crippen molar-refractivity contribution >= 4 is 41.0 Å². The zero-order valence-corrected chi connectivity index (χ0v) is 15.8. The Balaban J connectivity index is 2.34. The molecule has 142 valence electrons. The number of rotatable bonds is 8. The third-order valence-corrected chi connectivity index (χ3v) is 5.22. The molecule has 0 fully saturated rings. The average molecular weight is 401 g/mol. The van der Waals surface area contributed by atoms with Crippen molar-refractivity contribution in [2.24, 2.45) is 0 Å². The van der Waals surface area contributed by atoms with Crippen LogP contribution in [0.5, 0.6) is 0 Å². The van der Waals surface area contributed by atoms with E-state index >= 15 is 0 Å². The summed E-state index contributed by atoms with van der Waals surface area (Å²) in [6.07, 6.45) is 4.69. The van der Waals surface area contributed by atoms with E-state index in [0.717, 1.165) is 18.4 Å². The molecule has 2 unspecified atom stereocenters. The second-order valence-electron chi connectivity index (χ2n) is 5.64. The van der Waals surface area contributed by atoms with Crippen molar-refractivity contribution in [3.8, 4) is 0 Å². The number of nitrogens with zero attached hydrogens (tertiary/aromatic N) is 1. The molecule has 1 aliphatic rings. The highest BCUT2D eigenvalue weighted by Crippen LogP contribution is 2.35. The number of hydrogen-bond acceptors (Lipinski definition) is 6. The number of hydrogen-bond donors (Lipinski definition) is 0. The number of ether oxygens (including phenoxy) is 2. The van der Waals surface area contributed by atoms with E-state index in [0.29, 0.717) is 19.3 Å². The molecule has 2 rings (SSSR count). The number of esters is 1. The average Bonchev–Trinajstić information content (AvgIpc) is 2.63. The maximum atomic E-state index is 12.0. The number of methoxy groups -OCH3 is 1. The van der Waals surface area contributed by atoms with Gasteiger partial charge in [0.1, 0.15) is 0 Å². The SMILES string of the molecule is COC(=O)c1ccc(N(C2CCCC=C2CCOC=O)S(=O)[O-])c(Cl)c1. The van der Waals surface area contributed by atoms with Crippen LogP contribution >= 0.6 is 11.6 Å². The van der Waals surface area contributed by atoms with Gasteiger partial charge in [-0.2, -0.15) is 0 Å². The molecule has 0 spiro atoms. The van der Waals surface area contributed by atoms with Crippen LogP contribution in [0.2, 0.25) is 5.02 Å². The first kappa shape index (κ1) is 20.4. The molecule has 0 aromatic heterocycles. The molecule has 9 heteroatoms. The minimum absolute atomic E-state index is 0.131. The van der Waals surface area contributed by atoms with Gasteiger partial charge < -0.3 is 14.0 Å². The molecule has 0 saturated carbocycles. The van der Waals surface area contributed by atoms with Gasteiger partial charge in [0.15, 0.2) is 0 Å². The van der Waals surface area contributed by atoms with Crippen molar-refractivity contribution in [2.75, 3.05) is 18.0 Å². The number of carbonyl (C=O) groups excluding carboxylic acids is 2. The summed E-state index contributed by atoms with van der Waals surface area (Å²) < 4.78 is 34.5. The van der Waals surface area contributed by atoms with Gasteiger partial charge >= 0.3 is 5.97 Å².